The Morgan fingerprint density at radius 3 is 2.55 bits per heavy atom. The lowest BCUT2D eigenvalue weighted by Gasteiger charge is -2.33. The molecule has 9 heteroatoms. The maximum Gasteiger partial charge on any atom is 0.211 e. The fourth-order valence-corrected chi connectivity index (χ4v) is 4.37. The van der Waals surface area contributed by atoms with Gasteiger partial charge in [-0.15, -0.1) is 0 Å². The minimum atomic E-state index is -3.16. The molecule has 1 aliphatic rings. The van der Waals surface area contributed by atoms with Crippen molar-refractivity contribution in [2.45, 2.75) is 13.8 Å². The summed E-state index contributed by atoms with van der Waals surface area (Å²) in [4.78, 5) is 10.9. The van der Waals surface area contributed by atoms with Crippen molar-refractivity contribution in [3.05, 3.63) is 41.7 Å². The Kier molecular flexibility index (Phi) is 5.10. The second-order valence-corrected chi connectivity index (χ2v) is 9.49. The number of nitrogens with zero attached hydrogens (tertiary/aromatic N) is 5. The van der Waals surface area contributed by atoms with Crippen molar-refractivity contribution in [1.29, 1.82) is 0 Å². The summed E-state index contributed by atoms with van der Waals surface area (Å²) in [6.45, 7) is 6.23. The minimum absolute atomic E-state index is 0.454. The molecule has 1 aliphatic heterocycles. The van der Waals surface area contributed by atoms with E-state index in [1.165, 1.54) is 22.5 Å². The lowest BCUT2D eigenvalue weighted by Crippen LogP contribution is -2.48. The van der Waals surface area contributed by atoms with Crippen LogP contribution in [0.25, 0.3) is 28.4 Å². The minimum Gasteiger partial charge on any atom is -0.354 e. The van der Waals surface area contributed by atoms with Gasteiger partial charge in [0.25, 0.3) is 0 Å². The number of anilines is 1. The molecule has 1 fully saturated rings. The molecule has 0 atom stereocenters. The molecule has 0 unspecified atom stereocenters. The summed E-state index contributed by atoms with van der Waals surface area (Å²) in [5, 5.41) is 8.55. The topological polar surface area (TPSA) is 95.1 Å². The lowest BCUT2D eigenvalue weighted by molar-refractivity contribution is 0.387. The normalized spacial score (nSPS) is 15.6. The van der Waals surface area contributed by atoms with Crippen LogP contribution in [0.5, 0.6) is 0 Å². The number of piperazine rings is 1. The van der Waals surface area contributed by atoms with Crippen molar-refractivity contribution in [2.24, 2.45) is 0 Å². The first kappa shape index (κ1) is 19.5. The summed E-state index contributed by atoms with van der Waals surface area (Å²) in [5.41, 5.74) is 4.81. The Morgan fingerprint density at radius 2 is 1.86 bits per heavy atom. The highest BCUT2D eigenvalue weighted by molar-refractivity contribution is 7.88. The summed E-state index contributed by atoms with van der Waals surface area (Å²) in [6.07, 6.45) is 4.91. The number of fused-ring (bicyclic) bond motifs is 1. The van der Waals surface area contributed by atoms with Crippen LogP contribution in [0.2, 0.25) is 0 Å². The second-order valence-electron chi connectivity index (χ2n) is 7.51. The van der Waals surface area contributed by atoms with Crippen molar-refractivity contribution in [2.75, 3.05) is 37.3 Å². The van der Waals surface area contributed by atoms with Crippen molar-refractivity contribution >= 4 is 32.8 Å². The van der Waals surface area contributed by atoms with Crippen molar-refractivity contribution in [1.82, 2.24) is 24.5 Å². The van der Waals surface area contributed by atoms with Gasteiger partial charge < -0.3 is 4.90 Å². The van der Waals surface area contributed by atoms with Gasteiger partial charge in [-0.25, -0.2) is 18.4 Å². The van der Waals surface area contributed by atoms with E-state index in [4.69, 9.17) is 0 Å². The Balaban J connectivity index is 1.63. The van der Waals surface area contributed by atoms with Crippen LogP contribution in [0.1, 0.15) is 19.4 Å². The van der Waals surface area contributed by atoms with Crippen molar-refractivity contribution < 1.29 is 8.42 Å². The molecular formula is C20H24N6O2S. The maximum absolute atomic E-state index is 11.7. The molecule has 3 heterocycles. The highest BCUT2D eigenvalue weighted by Crippen LogP contribution is 2.28. The number of benzene rings is 1. The Hall–Kier alpha value is -2.78. The molecule has 2 aromatic heterocycles. The molecular weight excluding hydrogens is 388 g/mol. The molecule has 152 valence electrons. The smallest absolute Gasteiger partial charge is 0.211 e. The summed E-state index contributed by atoms with van der Waals surface area (Å²) < 4.78 is 24.9. The average Bonchev–Trinajstić information content (AvgIpc) is 3.10. The molecule has 0 spiro atoms. The number of aromatic amines is 1. The van der Waals surface area contributed by atoms with Crippen LogP contribution in [-0.2, 0) is 10.0 Å². The third kappa shape index (κ3) is 4.15. The third-order valence-corrected chi connectivity index (χ3v) is 6.27. The van der Waals surface area contributed by atoms with E-state index in [-0.39, 0.29) is 0 Å². The van der Waals surface area contributed by atoms with Crippen molar-refractivity contribution in [3.63, 3.8) is 0 Å². The van der Waals surface area contributed by atoms with Gasteiger partial charge in [-0.2, -0.15) is 9.40 Å². The Bertz CT molecular complexity index is 1170. The third-order valence-electron chi connectivity index (χ3n) is 4.97. The fraction of sp³-hybridized carbons (Fsp3) is 0.350. The SMILES string of the molecule is CC(C)=Cc1ccc2[nH]nc(-c3cc(N4CCN(S(C)(=O)=O)CC4)ncn3)c2c1. The fourth-order valence-electron chi connectivity index (χ4n) is 3.55. The van der Waals surface area contributed by atoms with Gasteiger partial charge in [0.15, 0.2) is 0 Å². The van der Waals surface area contributed by atoms with Gasteiger partial charge in [0.2, 0.25) is 10.0 Å². The quantitative estimate of drug-likeness (QED) is 0.708. The predicted octanol–water partition coefficient (Wildman–Crippen LogP) is 2.52. The van der Waals surface area contributed by atoms with E-state index < -0.39 is 10.0 Å². The van der Waals surface area contributed by atoms with Crippen LogP contribution >= 0.6 is 0 Å². The van der Waals surface area contributed by atoms with E-state index in [0.29, 0.717) is 26.2 Å². The predicted molar refractivity (Wildman–Crippen MR) is 115 cm³/mol. The summed E-state index contributed by atoms with van der Waals surface area (Å²) in [7, 11) is -3.16. The monoisotopic (exact) mass is 412 g/mol. The number of hydrogen-bond acceptors (Lipinski definition) is 6. The molecule has 29 heavy (non-hydrogen) atoms. The summed E-state index contributed by atoms with van der Waals surface area (Å²) in [6, 6.07) is 8.10. The number of sulfonamides is 1. The number of hydrogen-bond donors (Lipinski definition) is 1. The first-order valence-corrected chi connectivity index (χ1v) is 11.3. The molecule has 0 amide bonds. The molecule has 1 saturated heterocycles. The molecule has 0 aliphatic carbocycles. The highest BCUT2D eigenvalue weighted by atomic mass is 32.2. The summed E-state index contributed by atoms with van der Waals surface area (Å²) >= 11 is 0. The van der Waals surface area contributed by atoms with Gasteiger partial charge in [0.1, 0.15) is 17.8 Å². The maximum atomic E-state index is 11.7. The molecule has 3 aromatic rings. The van der Waals surface area contributed by atoms with Gasteiger partial charge in [0, 0.05) is 37.6 Å². The largest absolute Gasteiger partial charge is 0.354 e. The number of allylic oxidation sites excluding steroid dienone is 1. The molecule has 0 bridgehead atoms. The van der Waals surface area contributed by atoms with Crippen LogP contribution in [0.4, 0.5) is 5.82 Å². The zero-order valence-electron chi connectivity index (χ0n) is 16.8. The van der Waals surface area contributed by atoms with Crippen LogP contribution in [0.15, 0.2) is 36.2 Å². The van der Waals surface area contributed by atoms with Crippen LogP contribution < -0.4 is 4.90 Å². The molecule has 8 nitrogen and oxygen atoms in total. The zero-order chi connectivity index (χ0) is 20.6. The lowest BCUT2D eigenvalue weighted by atomic mass is 10.1. The van der Waals surface area contributed by atoms with Gasteiger partial charge in [-0.05, 0) is 31.5 Å². The summed E-state index contributed by atoms with van der Waals surface area (Å²) in [5.74, 6) is 0.778. The van der Waals surface area contributed by atoms with Gasteiger partial charge in [0.05, 0.1) is 17.5 Å². The van der Waals surface area contributed by atoms with Crippen LogP contribution in [-0.4, -0.2) is 65.3 Å². The second kappa shape index (κ2) is 7.57. The van der Waals surface area contributed by atoms with Gasteiger partial charge >= 0.3 is 0 Å². The first-order chi connectivity index (χ1) is 13.8. The highest BCUT2D eigenvalue weighted by Gasteiger charge is 2.24. The number of H-pyrrole nitrogens is 1. The number of rotatable bonds is 4. The Morgan fingerprint density at radius 1 is 1.10 bits per heavy atom. The zero-order valence-corrected chi connectivity index (χ0v) is 17.6. The van der Waals surface area contributed by atoms with Gasteiger partial charge in [-0.3, -0.25) is 5.10 Å². The van der Waals surface area contributed by atoms with Crippen LogP contribution in [0.3, 0.4) is 0 Å². The van der Waals surface area contributed by atoms with E-state index in [9.17, 15) is 8.42 Å². The van der Waals surface area contributed by atoms with Crippen LogP contribution in [0, 0.1) is 0 Å². The van der Waals surface area contributed by atoms with E-state index in [2.05, 4.69) is 57.1 Å². The molecule has 0 radical (unpaired) electrons. The number of aromatic nitrogens is 4. The standard InChI is InChI=1S/C20H24N6O2S/c1-14(2)10-15-4-5-17-16(11-15)20(24-23-17)18-12-19(22-13-21-18)25-6-8-26(9-7-25)29(3,27)28/h4-5,10-13H,6-9H2,1-3H3,(H,23,24). The van der Waals surface area contributed by atoms with E-state index in [0.717, 1.165) is 33.7 Å². The molecule has 1 aromatic carbocycles. The van der Waals surface area contributed by atoms with E-state index in [1.54, 1.807) is 0 Å². The average molecular weight is 413 g/mol. The van der Waals surface area contributed by atoms with Gasteiger partial charge in [-0.1, -0.05) is 17.7 Å². The number of nitrogens with one attached hydrogen (secondary N) is 1. The Labute approximate surface area is 170 Å². The molecule has 4 rings (SSSR count). The van der Waals surface area contributed by atoms with E-state index >= 15 is 0 Å². The molecule has 1 N–H and O–H groups in total. The van der Waals surface area contributed by atoms with Crippen molar-refractivity contribution in [3.8, 4) is 11.4 Å². The molecule has 0 saturated carbocycles. The first-order valence-electron chi connectivity index (χ1n) is 9.47. The van der Waals surface area contributed by atoms with E-state index in [1.807, 2.05) is 12.1 Å².